The first-order valence-corrected chi connectivity index (χ1v) is 20.7. The largest absolute Gasteiger partial charge is 0.415 e. The van der Waals surface area contributed by atoms with Crippen molar-refractivity contribution in [2.24, 2.45) is 5.41 Å². The zero-order chi connectivity index (χ0) is 37.2. The van der Waals surface area contributed by atoms with Crippen molar-refractivity contribution in [3.05, 3.63) is 87.6 Å². The zero-order valence-corrected chi connectivity index (χ0v) is 33.0. The number of unbranched alkanes of at least 4 members (excludes halogenated alkanes) is 1. The first-order chi connectivity index (χ1) is 25.7. The molecule has 2 atom stereocenters. The number of ketones is 1. The van der Waals surface area contributed by atoms with Crippen molar-refractivity contribution >= 4 is 40.7 Å². The molecule has 3 heterocycles. The molecule has 2 amide bonds. The maximum absolute atomic E-state index is 14.7. The van der Waals surface area contributed by atoms with E-state index in [4.69, 9.17) is 16.3 Å². The van der Waals surface area contributed by atoms with Gasteiger partial charge in [-0.2, -0.15) is 0 Å². The molecule has 0 bridgehead atoms. The number of rotatable bonds is 15. The molecule has 6 rings (SSSR count). The molecule has 3 aromatic rings. The molecule has 1 N–H and O–H groups in total. The van der Waals surface area contributed by atoms with Crippen LogP contribution in [0.25, 0.3) is 0 Å². The molecule has 2 aromatic carbocycles. The fourth-order valence-electron chi connectivity index (χ4n) is 8.39. The minimum absolute atomic E-state index is 0.0290. The summed E-state index contributed by atoms with van der Waals surface area (Å²) in [5.74, 6) is 0.212. The third-order valence-electron chi connectivity index (χ3n) is 11.4. The number of hydrogen-bond donors (Lipinski definition) is 1. The Morgan fingerprint density at radius 2 is 1.74 bits per heavy atom. The number of halogens is 1. The number of nitrogens with one attached hydrogen (secondary N) is 1. The number of ether oxygens (including phenoxy) is 1. The number of benzene rings is 2. The Hall–Kier alpha value is -3.28. The van der Waals surface area contributed by atoms with Crippen LogP contribution >= 0.6 is 22.9 Å². The van der Waals surface area contributed by atoms with Gasteiger partial charge in [0.25, 0.3) is 0 Å². The molecule has 1 saturated carbocycles. The van der Waals surface area contributed by atoms with Crippen molar-refractivity contribution < 1.29 is 19.1 Å². The third-order valence-corrected chi connectivity index (χ3v) is 12.7. The number of carbonyl (C=O) groups excluding carboxylic acids is 3. The van der Waals surface area contributed by atoms with Crippen molar-refractivity contribution in [3.63, 3.8) is 0 Å². The number of Topliss-reactive ketones (excluding diaryl/α,β-unsaturated/α-hetero) is 1. The minimum Gasteiger partial charge on any atom is -0.409 e. The highest BCUT2D eigenvalue weighted by Crippen LogP contribution is 2.44. The first kappa shape index (κ1) is 39.4. The van der Waals surface area contributed by atoms with Gasteiger partial charge in [0, 0.05) is 43.5 Å². The van der Waals surface area contributed by atoms with E-state index in [-0.39, 0.29) is 49.2 Å². The van der Waals surface area contributed by atoms with Crippen molar-refractivity contribution in [2.75, 3.05) is 53.4 Å². The summed E-state index contributed by atoms with van der Waals surface area (Å²) in [4.78, 5) is 51.3. The number of thiophene rings is 1. The monoisotopic (exact) mass is 761 g/mol. The smallest absolute Gasteiger partial charge is 0.409 e. The van der Waals surface area contributed by atoms with Crippen LogP contribution in [-0.2, 0) is 22.6 Å². The van der Waals surface area contributed by atoms with Gasteiger partial charge in [0.1, 0.15) is 6.04 Å². The molecule has 2 saturated heterocycles. The lowest BCUT2D eigenvalue weighted by molar-refractivity contribution is -0.144. The van der Waals surface area contributed by atoms with Gasteiger partial charge in [0.05, 0.1) is 17.6 Å². The number of piperazine rings is 1. The molecule has 1 aromatic heterocycles. The highest BCUT2D eigenvalue weighted by atomic mass is 35.5. The molecule has 1 spiro atoms. The molecular weight excluding hydrogens is 706 g/mol. The molecule has 3 aliphatic rings. The van der Waals surface area contributed by atoms with Gasteiger partial charge in [0.2, 0.25) is 5.91 Å². The van der Waals surface area contributed by atoms with Gasteiger partial charge in [0.15, 0.2) is 11.5 Å². The van der Waals surface area contributed by atoms with E-state index in [0.29, 0.717) is 29.7 Å². The Morgan fingerprint density at radius 1 is 0.962 bits per heavy atom. The maximum atomic E-state index is 14.7. The Kier molecular flexibility index (Phi) is 14.0. The fraction of sp³-hybridized carbons (Fsp3) is 0.548. The molecule has 0 radical (unpaired) electrons. The number of para-hydroxylation sites is 1. The highest BCUT2D eigenvalue weighted by molar-refractivity contribution is 7.09. The number of carbonyl (C=O) groups is 3. The van der Waals surface area contributed by atoms with E-state index >= 15 is 0 Å². The van der Waals surface area contributed by atoms with Crippen molar-refractivity contribution in [3.8, 4) is 5.75 Å². The summed E-state index contributed by atoms with van der Waals surface area (Å²) in [5, 5.41) is 6.19. The lowest BCUT2D eigenvalue weighted by Crippen LogP contribution is -2.63. The highest BCUT2D eigenvalue weighted by Gasteiger charge is 2.43. The van der Waals surface area contributed by atoms with Crippen molar-refractivity contribution in [1.82, 2.24) is 24.9 Å². The summed E-state index contributed by atoms with van der Waals surface area (Å²) in [6.45, 7) is 4.89. The average molecular weight is 762 g/mol. The minimum atomic E-state index is -0.746. The lowest BCUT2D eigenvalue weighted by Gasteiger charge is -2.43. The summed E-state index contributed by atoms with van der Waals surface area (Å²) in [7, 11) is 4.15. The van der Waals surface area contributed by atoms with Crippen LogP contribution in [0.3, 0.4) is 0 Å². The summed E-state index contributed by atoms with van der Waals surface area (Å²) in [5.41, 5.74) is 1.73. The van der Waals surface area contributed by atoms with E-state index in [0.717, 1.165) is 69.6 Å². The van der Waals surface area contributed by atoms with Gasteiger partial charge in [-0.25, -0.2) is 4.79 Å². The molecule has 9 nitrogen and oxygen atoms in total. The van der Waals surface area contributed by atoms with E-state index in [1.165, 1.54) is 12.0 Å². The number of amides is 2. The Bertz CT molecular complexity index is 1630. The van der Waals surface area contributed by atoms with Gasteiger partial charge in [-0.3, -0.25) is 14.5 Å². The predicted molar refractivity (Wildman–Crippen MR) is 213 cm³/mol. The third kappa shape index (κ3) is 10.9. The molecule has 53 heavy (non-hydrogen) atoms. The van der Waals surface area contributed by atoms with Crippen LogP contribution in [0.2, 0.25) is 5.02 Å². The van der Waals surface area contributed by atoms with E-state index < -0.39 is 12.1 Å². The van der Waals surface area contributed by atoms with E-state index in [1.807, 2.05) is 17.5 Å². The molecule has 2 aliphatic heterocycles. The second-order valence-electron chi connectivity index (χ2n) is 15.6. The predicted octanol–water partition coefficient (Wildman–Crippen LogP) is 7.14. The summed E-state index contributed by atoms with van der Waals surface area (Å²) in [6, 6.07) is 20.8. The van der Waals surface area contributed by atoms with Gasteiger partial charge in [-0.1, -0.05) is 66.6 Å². The second-order valence-corrected chi connectivity index (χ2v) is 17.0. The zero-order valence-electron chi connectivity index (χ0n) is 31.4. The summed E-state index contributed by atoms with van der Waals surface area (Å²) >= 11 is 7.91. The summed E-state index contributed by atoms with van der Waals surface area (Å²) in [6.07, 6.45) is 8.61. The van der Waals surface area contributed by atoms with E-state index in [1.54, 1.807) is 45.4 Å². The molecule has 0 unspecified atom stereocenters. The van der Waals surface area contributed by atoms with Crippen LogP contribution in [-0.4, -0.2) is 109 Å². The second kappa shape index (κ2) is 18.8. The van der Waals surface area contributed by atoms with Gasteiger partial charge < -0.3 is 24.8 Å². The standard InChI is InChI=1S/C42H56ClN5O4S/c1-45(2)24-9-8-15-36(44-33-19-21-42(22-20-33)23-25-46(31-42)29-32-11-4-3-5-12-32)40(50)48-27-26-47(41(51)52-39-16-7-6-14-35(39)43)30-37(48)38(49)18-17-34-13-10-28-53-34/h3-7,10-14,16,28,33,36-37,44H,8-9,15,17-27,29-31H2,1-2H3/t33?,36-,37+,42?/m1/s1. The van der Waals surface area contributed by atoms with Crippen LogP contribution in [0.15, 0.2) is 72.1 Å². The van der Waals surface area contributed by atoms with Crippen LogP contribution in [0, 0.1) is 5.41 Å². The van der Waals surface area contributed by atoms with Crippen LogP contribution in [0.5, 0.6) is 5.75 Å². The first-order valence-electron chi connectivity index (χ1n) is 19.4. The Balaban J connectivity index is 1.12. The number of hydrogen-bond acceptors (Lipinski definition) is 8. The number of aryl methyl sites for hydroxylation is 1. The van der Waals surface area contributed by atoms with Gasteiger partial charge in [-0.15, -0.1) is 11.3 Å². The Labute approximate surface area is 324 Å². The number of nitrogens with zero attached hydrogens (tertiary/aromatic N) is 4. The normalized spacial score (nSPS) is 22.7. The van der Waals surface area contributed by atoms with Crippen LogP contribution in [0.4, 0.5) is 4.79 Å². The molecule has 3 fully saturated rings. The molecular formula is C42H56ClN5O4S. The summed E-state index contributed by atoms with van der Waals surface area (Å²) < 4.78 is 5.66. The maximum Gasteiger partial charge on any atom is 0.415 e. The van der Waals surface area contributed by atoms with Gasteiger partial charge in [-0.05, 0) is 113 Å². The Morgan fingerprint density at radius 3 is 2.47 bits per heavy atom. The fourth-order valence-corrected chi connectivity index (χ4v) is 9.27. The molecule has 286 valence electrons. The van der Waals surface area contributed by atoms with E-state index in [9.17, 15) is 14.4 Å². The average Bonchev–Trinajstić information content (AvgIpc) is 3.83. The lowest BCUT2D eigenvalue weighted by atomic mass is 9.72. The van der Waals surface area contributed by atoms with Crippen LogP contribution < -0.4 is 10.1 Å². The SMILES string of the molecule is CN(C)CCCC[C@@H](NC1CCC2(CC1)CCN(Cc1ccccc1)C2)C(=O)N1CCN(C(=O)Oc2ccccc2Cl)C[C@H]1C(=O)CCc1cccs1. The van der Waals surface area contributed by atoms with Crippen molar-refractivity contribution in [2.45, 2.75) is 88.9 Å². The quantitative estimate of drug-likeness (QED) is 0.165. The number of likely N-dealkylation sites (tertiary alicyclic amines) is 1. The van der Waals surface area contributed by atoms with Gasteiger partial charge >= 0.3 is 6.09 Å². The topological polar surface area (TPSA) is 85.4 Å². The molecule has 1 aliphatic carbocycles. The van der Waals surface area contributed by atoms with E-state index in [2.05, 4.69) is 59.5 Å². The molecule has 11 heteroatoms. The van der Waals surface area contributed by atoms with Crippen LogP contribution in [0.1, 0.15) is 68.2 Å². The van der Waals surface area contributed by atoms with Crippen molar-refractivity contribution in [1.29, 1.82) is 0 Å².